The van der Waals surface area contributed by atoms with Crippen molar-refractivity contribution in [1.82, 2.24) is 0 Å². The number of ether oxygens (including phenoxy) is 1. The maximum Gasteiger partial charge on any atom is 0.303 e. The Labute approximate surface area is 187 Å². The molecule has 4 heteroatoms. The van der Waals surface area contributed by atoms with Crippen LogP contribution in [-0.4, -0.2) is 23.1 Å². The Hall–Kier alpha value is -1.06. The Balaban J connectivity index is 1.43. The number of rotatable bonds is 4. The molecule has 0 radical (unpaired) electrons. The number of hydrogen-bond donors (Lipinski definition) is 1. The van der Waals surface area contributed by atoms with Gasteiger partial charge in [0.15, 0.2) is 0 Å². The molecule has 5 aliphatic rings. The van der Waals surface area contributed by atoms with Crippen molar-refractivity contribution in [2.75, 3.05) is 0 Å². The van der Waals surface area contributed by atoms with Gasteiger partial charge in [-0.1, -0.05) is 27.7 Å². The average Bonchev–Trinajstić information content (AvgIpc) is 3.27. The quantitative estimate of drug-likeness (QED) is 0.538. The van der Waals surface area contributed by atoms with Crippen molar-refractivity contribution in [2.45, 2.75) is 111 Å². The van der Waals surface area contributed by atoms with E-state index >= 15 is 0 Å². The lowest BCUT2D eigenvalue weighted by Gasteiger charge is -2.63. The first kappa shape index (κ1) is 21.8. The molecule has 0 aromatic heterocycles. The molecule has 4 nitrogen and oxygen atoms in total. The Morgan fingerprint density at radius 2 is 1.55 bits per heavy atom. The Morgan fingerprint density at radius 1 is 0.871 bits per heavy atom. The van der Waals surface area contributed by atoms with Gasteiger partial charge in [-0.05, 0) is 104 Å². The summed E-state index contributed by atoms with van der Waals surface area (Å²) in [5.74, 6) is 1.23. The van der Waals surface area contributed by atoms with Crippen LogP contribution in [0.5, 0.6) is 0 Å². The lowest BCUT2D eigenvalue weighted by atomic mass is 9.42. The van der Waals surface area contributed by atoms with Gasteiger partial charge < -0.3 is 9.84 Å². The molecule has 5 fully saturated rings. The third-order valence-corrected chi connectivity index (χ3v) is 12.2. The fraction of sp³-hybridized carbons (Fsp3) is 0.926. The Morgan fingerprint density at radius 3 is 2.23 bits per heavy atom. The summed E-state index contributed by atoms with van der Waals surface area (Å²) in [7, 11) is 0. The van der Waals surface area contributed by atoms with Gasteiger partial charge in [-0.25, -0.2) is 0 Å². The van der Waals surface area contributed by atoms with Crippen LogP contribution in [-0.2, 0) is 14.3 Å². The van der Waals surface area contributed by atoms with E-state index in [0.29, 0.717) is 39.9 Å². The molecule has 5 saturated carbocycles. The highest BCUT2D eigenvalue weighted by Gasteiger charge is 2.82. The topological polar surface area (TPSA) is 63.6 Å². The maximum atomic E-state index is 11.7. The molecule has 174 valence electrons. The van der Waals surface area contributed by atoms with Gasteiger partial charge in [-0.15, -0.1) is 0 Å². The smallest absolute Gasteiger partial charge is 0.303 e. The summed E-state index contributed by atoms with van der Waals surface area (Å²) in [6.07, 6.45) is 12.5. The zero-order valence-electron chi connectivity index (χ0n) is 20.3. The molecule has 1 N–H and O–H groups in total. The van der Waals surface area contributed by atoms with E-state index in [-0.39, 0.29) is 17.5 Å². The van der Waals surface area contributed by atoms with Crippen LogP contribution in [0, 0.1) is 44.8 Å². The third-order valence-electron chi connectivity index (χ3n) is 12.2. The van der Waals surface area contributed by atoms with E-state index in [1.807, 2.05) is 0 Å². The van der Waals surface area contributed by atoms with Gasteiger partial charge in [0.05, 0.1) is 0 Å². The maximum absolute atomic E-state index is 11.7. The van der Waals surface area contributed by atoms with Gasteiger partial charge in [-0.3, -0.25) is 9.59 Å². The lowest BCUT2D eigenvalue weighted by Crippen LogP contribution is -2.57. The molecule has 0 bridgehead atoms. The summed E-state index contributed by atoms with van der Waals surface area (Å²) >= 11 is 0. The largest absolute Gasteiger partial charge is 0.481 e. The van der Waals surface area contributed by atoms with E-state index in [2.05, 4.69) is 27.7 Å². The minimum atomic E-state index is -0.641. The summed E-state index contributed by atoms with van der Waals surface area (Å²) in [5.41, 5.74) is 1.64. The summed E-state index contributed by atoms with van der Waals surface area (Å²) in [6.45, 7) is 11.4. The van der Waals surface area contributed by atoms with E-state index in [9.17, 15) is 14.7 Å². The van der Waals surface area contributed by atoms with Crippen LogP contribution in [0.2, 0.25) is 0 Å². The zero-order chi connectivity index (χ0) is 22.4. The van der Waals surface area contributed by atoms with E-state index in [0.717, 1.165) is 18.8 Å². The predicted octanol–water partition coefficient (Wildman–Crippen LogP) is 6.22. The number of carbonyl (C=O) groups excluding carboxylic acids is 1. The van der Waals surface area contributed by atoms with Gasteiger partial charge >= 0.3 is 11.9 Å². The van der Waals surface area contributed by atoms with Crippen LogP contribution in [0.1, 0.15) is 105 Å². The summed E-state index contributed by atoms with van der Waals surface area (Å²) in [6, 6.07) is 0. The molecule has 0 aromatic rings. The van der Waals surface area contributed by atoms with Crippen molar-refractivity contribution in [1.29, 1.82) is 0 Å². The second-order valence-corrected chi connectivity index (χ2v) is 13.1. The van der Waals surface area contributed by atoms with Crippen molar-refractivity contribution in [2.24, 2.45) is 44.8 Å². The molecular weight excluding hydrogens is 388 g/mol. The molecule has 2 spiro atoms. The number of carbonyl (C=O) groups is 2. The van der Waals surface area contributed by atoms with Gasteiger partial charge in [0, 0.05) is 18.8 Å². The second-order valence-electron chi connectivity index (χ2n) is 13.1. The molecule has 5 aliphatic carbocycles. The van der Waals surface area contributed by atoms with Crippen molar-refractivity contribution < 1.29 is 19.4 Å². The molecular formula is C27H42O4. The van der Waals surface area contributed by atoms with Crippen LogP contribution < -0.4 is 0 Å². The normalized spacial score (nSPS) is 51.6. The zero-order valence-corrected chi connectivity index (χ0v) is 20.3. The highest BCUT2D eigenvalue weighted by Crippen LogP contribution is 2.89. The standard InChI is InChI=1S/C27H42O4/c1-17(28)31-21-11-13-26-16-27(26)15-14-24(4)18(6-9-22(29)30)10-12-25(24,5)20(27)8-7-19(26)23(21,2)3/h18-21H,6-16H2,1-5H3,(H,29,30)/t18?,19?,20?,21-,24+,25-,26+,27-/m0/s1. The van der Waals surface area contributed by atoms with Crippen LogP contribution in [0.15, 0.2) is 0 Å². The van der Waals surface area contributed by atoms with Crippen LogP contribution in [0.25, 0.3) is 0 Å². The van der Waals surface area contributed by atoms with Crippen molar-refractivity contribution in [3.05, 3.63) is 0 Å². The molecule has 0 saturated heterocycles. The monoisotopic (exact) mass is 430 g/mol. The number of aliphatic carboxylic acids is 1. The molecule has 0 heterocycles. The van der Waals surface area contributed by atoms with E-state index in [1.54, 1.807) is 6.92 Å². The molecule has 8 atom stereocenters. The van der Waals surface area contributed by atoms with E-state index in [1.165, 1.54) is 51.4 Å². The fourth-order valence-electron chi connectivity index (χ4n) is 10.6. The van der Waals surface area contributed by atoms with Crippen LogP contribution in [0.4, 0.5) is 0 Å². The van der Waals surface area contributed by atoms with Crippen molar-refractivity contribution >= 4 is 11.9 Å². The molecule has 31 heavy (non-hydrogen) atoms. The van der Waals surface area contributed by atoms with Crippen molar-refractivity contribution in [3.8, 4) is 0 Å². The number of fused-ring (bicyclic) bond motifs is 2. The van der Waals surface area contributed by atoms with Gasteiger partial charge in [0.2, 0.25) is 0 Å². The van der Waals surface area contributed by atoms with Gasteiger partial charge in [0.25, 0.3) is 0 Å². The number of carboxylic acid groups (broad SMARTS) is 1. The Kier molecular flexibility index (Phi) is 4.57. The first-order valence-corrected chi connectivity index (χ1v) is 12.8. The fourth-order valence-corrected chi connectivity index (χ4v) is 10.6. The van der Waals surface area contributed by atoms with E-state index < -0.39 is 5.97 Å². The van der Waals surface area contributed by atoms with Crippen LogP contribution >= 0.6 is 0 Å². The first-order valence-electron chi connectivity index (χ1n) is 12.8. The molecule has 3 unspecified atom stereocenters. The van der Waals surface area contributed by atoms with Gasteiger partial charge in [0.1, 0.15) is 6.10 Å². The predicted molar refractivity (Wildman–Crippen MR) is 119 cm³/mol. The minimum Gasteiger partial charge on any atom is -0.481 e. The molecule has 0 aliphatic heterocycles. The summed E-state index contributed by atoms with van der Waals surface area (Å²) in [4.78, 5) is 23.0. The summed E-state index contributed by atoms with van der Waals surface area (Å²) < 4.78 is 5.83. The lowest BCUT2D eigenvalue weighted by molar-refractivity contribution is -0.180. The first-order chi connectivity index (χ1) is 14.4. The summed E-state index contributed by atoms with van der Waals surface area (Å²) in [5, 5.41) is 9.28. The number of esters is 1. The minimum absolute atomic E-state index is 0.0553. The number of carboxylic acids is 1. The Bertz CT molecular complexity index is 803. The van der Waals surface area contributed by atoms with Gasteiger partial charge in [-0.2, -0.15) is 0 Å². The molecule has 0 aromatic carbocycles. The molecule has 5 rings (SSSR count). The third kappa shape index (κ3) is 2.60. The average molecular weight is 431 g/mol. The highest BCUT2D eigenvalue weighted by molar-refractivity contribution is 5.66. The number of hydrogen-bond acceptors (Lipinski definition) is 3. The van der Waals surface area contributed by atoms with E-state index in [4.69, 9.17) is 4.74 Å². The molecule has 0 amide bonds. The van der Waals surface area contributed by atoms with Crippen molar-refractivity contribution in [3.63, 3.8) is 0 Å². The SMILES string of the molecule is CC(=O)O[C@H]1CC[C@]23C[C@]24CC[C@]2(C)C(CCC(=O)O)CC[C@@]2(C)C4CCC3C1(C)C. The highest BCUT2D eigenvalue weighted by atomic mass is 16.5. The second kappa shape index (κ2) is 6.50. The van der Waals surface area contributed by atoms with Crippen LogP contribution in [0.3, 0.4) is 0 Å².